The quantitative estimate of drug-likeness (QED) is 0.512. The standard InChI is InChI=1S/C24H27N5O4/c1-15(2)20(21(30)25-18(22(31)32)14-16-8-4-3-5-9-16)27-24(33)29-13-12-28-19-11-7-6-10-17(19)26-23(28)29/h3-11,15,18,20H,12-14H2,1-2H3,(H,25,30)(H,27,33)(H,31,32)/t18-,20-/m0/s1. The predicted molar refractivity (Wildman–Crippen MR) is 124 cm³/mol. The highest BCUT2D eigenvalue weighted by Gasteiger charge is 2.33. The summed E-state index contributed by atoms with van der Waals surface area (Å²) in [6, 6.07) is 14.3. The normalized spacial score (nSPS) is 14.7. The number of nitrogens with zero attached hydrogens (tertiary/aromatic N) is 3. The Bertz CT molecular complexity index is 1170. The Labute approximate surface area is 191 Å². The molecule has 0 radical (unpaired) electrons. The Morgan fingerprint density at radius 1 is 1.00 bits per heavy atom. The van der Waals surface area contributed by atoms with Crippen molar-refractivity contribution in [2.45, 2.75) is 38.9 Å². The van der Waals surface area contributed by atoms with Gasteiger partial charge in [0.1, 0.15) is 12.1 Å². The number of para-hydroxylation sites is 2. The van der Waals surface area contributed by atoms with Crippen LogP contribution in [-0.4, -0.2) is 51.2 Å². The van der Waals surface area contributed by atoms with E-state index in [1.807, 2.05) is 59.2 Å². The molecule has 172 valence electrons. The molecule has 1 aliphatic heterocycles. The topological polar surface area (TPSA) is 117 Å². The van der Waals surface area contributed by atoms with Crippen molar-refractivity contribution in [1.82, 2.24) is 20.2 Å². The lowest BCUT2D eigenvalue weighted by Gasteiger charge is -2.26. The molecule has 0 fully saturated rings. The number of anilines is 1. The fraction of sp³-hybridized carbons (Fsp3) is 0.333. The summed E-state index contributed by atoms with van der Waals surface area (Å²) in [5.41, 5.74) is 2.55. The van der Waals surface area contributed by atoms with E-state index < -0.39 is 30.0 Å². The third-order valence-corrected chi connectivity index (χ3v) is 5.79. The van der Waals surface area contributed by atoms with Crippen LogP contribution in [0.2, 0.25) is 0 Å². The molecule has 2 atom stereocenters. The fourth-order valence-corrected chi connectivity index (χ4v) is 4.04. The number of fused-ring (bicyclic) bond motifs is 3. The molecule has 0 saturated heterocycles. The number of aromatic nitrogens is 2. The molecule has 33 heavy (non-hydrogen) atoms. The summed E-state index contributed by atoms with van der Waals surface area (Å²) in [7, 11) is 0. The molecule has 3 amide bonds. The molecule has 3 N–H and O–H groups in total. The molecule has 1 aromatic heterocycles. The van der Waals surface area contributed by atoms with E-state index in [2.05, 4.69) is 15.6 Å². The van der Waals surface area contributed by atoms with Crippen LogP contribution in [0.5, 0.6) is 0 Å². The molecule has 2 heterocycles. The van der Waals surface area contributed by atoms with E-state index in [0.717, 1.165) is 16.6 Å². The van der Waals surface area contributed by atoms with Crippen molar-refractivity contribution >= 4 is 34.9 Å². The first-order valence-electron chi connectivity index (χ1n) is 11.0. The average Bonchev–Trinajstić information content (AvgIpc) is 3.36. The van der Waals surface area contributed by atoms with Gasteiger partial charge < -0.3 is 20.3 Å². The average molecular weight is 450 g/mol. The minimum absolute atomic E-state index is 0.150. The molecule has 2 aromatic carbocycles. The van der Waals surface area contributed by atoms with Gasteiger partial charge in [-0.3, -0.25) is 9.69 Å². The second-order valence-corrected chi connectivity index (χ2v) is 8.46. The molecular weight excluding hydrogens is 422 g/mol. The van der Waals surface area contributed by atoms with Gasteiger partial charge in [-0.15, -0.1) is 0 Å². The highest BCUT2D eigenvalue weighted by atomic mass is 16.4. The van der Waals surface area contributed by atoms with Crippen LogP contribution >= 0.6 is 0 Å². The Kier molecular flexibility index (Phi) is 6.30. The number of imidazole rings is 1. The van der Waals surface area contributed by atoms with Crippen LogP contribution in [0.4, 0.5) is 10.7 Å². The highest BCUT2D eigenvalue weighted by Crippen LogP contribution is 2.27. The number of carboxylic acid groups (broad SMARTS) is 1. The maximum Gasteiger partial charge on any atom is 0.326 e. The van der Waals surface area contributed by atoms with Crippen molar-refractivity contribution in [3.63, 3.8) is 0 Å². The number of aliphatic carboxylic acids is 1. The van der Waals surface area contributed by atoms with Crippen molar-refractivity contribution in [3.05, 3.63) is 60.2 Å². The summed E-state index contributed by atoms with van der Waals surface area (Å²) >= 11 is 0. The minimum atomic E-state index is -1.13. The zero-order valence-electron chi connectivity index (χ0n) is 18.6. The van der Waals surface area contributed by atoms with E-state index in [4.69, 9.17) is 0 Å². The lowest BCUT2D eigenvalue weighted by atomic mass is 10.0. The van der Waals surface area contributed by atoms with Crippen LogP contribution in [0.25, 0.3) is 11.0 Å². The number of nitrogens with one attached hydrogen (secondary N) is 2. The van der Waals surface area contributed by atoms with Gasteiger partial charge in [0.25, 0.3) is 0 Å². The Hall–Kier alpha value is -3.88. The molecule has 0 unspecified atom stereocenters. The number of amides is 3. The molecule has 0 saturated carbocycles. The van der Waals surface area contributed by atoms with Gasteiger partial charge in [0.2, 0.25) is 11.9 Å². The number of benzene rings is 2. The monoisotopic (exact) mass is 449 g/mol. The summed E-state index contributed by atoms with van der Waals surface area (Å²) < 4.78 is 1.97. The van der Waals surface area contributed by atoms with E-state index in [0.29, 0.717) is 19.0 Å². The number of carbonyl (C=O) groups excluding carboxylic acids is 2. The number of carboxylic acids is 1. The van der Waals surface area contributed by atoms with E-state index >= 15 is 0 Å². The summed E-state index contributed by atoms with van der Waals surface area (Å²) in [6.07, 6.45) is 0.150. The van der Waals surface area contributed by atoms with E-state index in [-0.39, 0.29) is 12.3 Å². The lowest BCUT2D eigenvalue weighted by Crippen LogP contribution is -2.56. The number of hydrogen-bond donors (Lipinski definition) is 3. The van der Waals surface area contributed by atoms with Crippen LogP contribution < -0.4 is 15.5 Å². The number of carbonyl (C=O) groups is 3. The molecule has 0 aliphatic carbocycles. The van der Waals surface area contributed by atoms with Crippen molar-refractivity contribution < 1.29 is 19.5 Å². The van der Waals surface area contributed by atoms with Gasteiger partial charge >= 0.3 is 12.0 Å². The molecule has 3 aromatic rings. The smallest absolute Gasteiger partial charge is 0.326 e. The van der Waals surface area contributed by atoms with Gasteiger partial charge in [0.05, 0.1) is 11.0 Å². The summed E-state index contributed by atoms with van der Waals surface area (Å²) in [4.78, 5) is 43.9. The zero-order valence-corrected chi connectivity index (χ0v) is 18.6. The highest BCUT2D eigenvalue weighted by molar-refractivity contribution is 5.97. The van der Waals surface area contributed by atoms with Crippen molar-refractivity contribution in [2.75, 3.05) is 11.4 Å². The summed E-state index contributed by atoms with van der Waals surface area (Å²) in [5, 5.41) is 15.0. The third-order valence-electron chi connectivity index (χ3n) is 5.79. The Morgan fingerprint density at radius 3 is 2.39 bits per heavy atom. The number of urea groups is 1. The van der Waals surface area contributed by atoms with E-state index in [1.54, 1.807) is 13.8 Å². The first kappa shape index (κ1) is 22.3. The van der Waals surface area contributed by atoms with Gasteiger partial charge in [-0.05, 0) is 23.6 Å². The molecular formula is C24H27N5O4. The second-order valence-electron chi connectivity index (χ2n) is 8.46. The van der Waals surface area contributed by atoms with Gasteiger partial charge in [0.15, 0.2) is 0 Å². The molecule has 0 spiro atoms. The third kappa shape index (κ3) is 4.67. The lowest BCUT2D eigenvalue weighted by molar-refractivity contribution is -0.142. The molecule has 1 aliphatic rings. The first-order valence-corrected chi connectivity index (χ1v) is 11.0. The van der Waals surface area contributed by atoms with Crippen molar-refractivity contribution in [2.24, 2.45) is 5.92 Å². The fourth-order valence-electron chi connectivity index (χ4n) is 4.04. The van der Waals surface area contributed by atoms with E-state index in [9.17, 15) is 19.5 Å². The van der Waals surface area contributed by atoms with Crippen LogP contribution in [0, 0.1) is 5.92 Å². The van der Waals surface area contributed by atoms with Crippen molar-refractivity contribution in [3.8, 4) is 0 Å². The maximum absolute atomic E-state index is 13.1. The molecule has 9 nitrogen and oxygen atoms in total. The number of hydrogen-bond acceptors (Lipinski definition) is 4. The first-order chi connectivity index (χ1) is 15.8. The molecule has 4 rings (SSSR count). The Morgan fingerprint density at radius 2 is 1.70 bits per heavy atom. The largest absolute Gasteiger partial charge is 0.480 e. The minimum Gasteiger partial charge on any atom is -0.480 e. The predicted octanol–water partition coefficient (Wildman–Crippen LogP) is 2.40. The van der Waals surface area contributed by atoms with Gasteiger partial charge in [-0.1, -0.05) is 56.3 Å². The SMILES string of the molecule is CC(C)[C@H](NC(=O)N1CCn2c1nc1ccccc12)C(=O)N[C@@H](Cc1ccccc1)C(=O)O. The molecule has 0 bridgehead atoms. The summed E-state index contributed by atoms with van der Waals surface area (Å²) in [6.45, 7) is 4.66. The van der Waals surface area contributed by atoms with Crippen molar-refractivity contribution in [1.29, 1.82) is 0 Å². The van der Waals surface area contributed by atoms with Crippen LogP contribution in [0.1, 0.15) is 19.4 Å². The number of rotatable bonds is 7. The van der Waals surface area contributed by atoms with Gasteiger partial charge in [-0.25, -0.2) is 14.6 Å². The molecule has 9 heteroatoms. The second kappa shape index (κ2) is 9.32. The zero-order chi connectivity index (χ0) is 23.5. The van der Waals surface area contributed by atoms with Crippen LogP contribution in [0.15, 0.2) is 54.6 Å². The maximum atomic E-state index is 13.1. The summed E-state index contributed by atoms with van der Waals surface area (Å²) in [5.74, 6) is -1.38. The van der Waals surface area contributed by atoms with Crippen LogP contribution in [0.3, 0.4) is 0 Å². The van der Waals surface area contributed by atoms with E-state index in [1.165, 1.54) is 4.90 Å². The van der Waals surface area contributed by atoms with Gasteiger partial charge in [0, 0.05) is 19.5 Å². The van der Waals surface area contributed by atoms with Crippen LogP contribution in [-0.2, 0) is 22.6 Å². The Balaban J connectivity index is 1.47. The van der Waals surface area contributed by atoms with Gasteiger partial charge in [-0.2, -0.15) is 0 Å².